The second-order valence-corrected chi connectivity index (χ2v) is 13.8. The van der Waals surface area contributed by atoms with Gasteiger partial charge in [-0.25, -0.2) is 0 Å². The molecule has 0 amide bonds. The number of fused-ring (bicyclic) bond motifs is 9. The molecule has 274 valence electrons. The number of rotatable bonds is 11. The van der Waals surface area contributed by atoms with Crippen LogP contribution in [-0.4, -0.2) is 87.2 Å². The maximum Gasteiger partial charge on any atom is 0.326 e. The summed E-state index contributed by atoms with van der Waals surface area (Å²) in [5, 5.41) is 11.0. The molecule has 4 aliphatic rings. The number of hydrogen-bond donors (Lipinski definition) is 0. The van der Waals surface area contributed by atoms with Gasteiger partial charge in [0.1, 0.15) is 24.3 Å². The Balaban J connectivity index is 1.39. The van der Waals surface area contributed by atoms with E-state index in [9.17, 15) is 14.9 Å². The number of nitrogens with zero attached hydrogens (tertiary/aromatic N) is 3. The Bertz CT molecular complexity index is 1920. The van der Waals surface area contributed by atoms with Crippen LogP contribution in [0.25, 0.3) is 0 Å². The summed E-state index contributed by atoms with van der Waals surface area (Å²) < 4.78 is 41.7. The van der Waals surface area contributed by atoms with E-state index in [4.69, 9.17) is 44.8 Å². The fourth-order valence-corrected chi connectivity index (χ4v) is 8.70. The standard InChI is InChI=1S/C39H42ClN3O9/c1-21-13-24-14-26-28(17-41)43-27(34(42(26)3)32(24)38(35(21)47-5)49-19-46-4)15-25-33(29(43)18-48-30(44)12-11-23-9-7-6-8-10-23)39-37(50-20-51-39)22(2)36(25)52-31(45)16-40/h6-10,13,26-29,34H,11-12,14-16,18-20H2,1-5H3/t26-,27?,28-,29-,34+/m0/s1. The summed E-state index contributed by atoms with van der Waals surface area (Å²) in [6, 6.07) is 12.3. The lowest BCUT2D eigenvalue weighted by atomic mass is 9.71. The molecule has 0 saturated carbocycles. The molecule has 0 N–H and O–H groups in total. The molecular formula is C39H42ClN3O9. The van der Waals surface area contributed by atoms with E-state index in [-0.39, 0.29) is 56.6 Å². The number of nitriles is 1. The zero-order valence-electron chi connectivity index (χ0n) is 29.9. The molecule has 1 fully saturated rings. The Morgan fingerprint density at radius 2 is 1.77 bits per heavy atom. The van der Waals surface area contributed by atoms with Crippen molar-refractivity contribution in [1.29, 1.82) is 5.26 Å². The van der Waals surface area contributed by atoms with Crippen LogP contribution < -0.4 is 23.7 Å². The monoisotopic (exact) mass is 731 g/mol. The van der Waals surface area contributed by atoms with Gasteiger partial charge in [-0.05, 0) is 56.8 Å². The summed E-state index contributed by atoms with van der Waals surface area (Å²) in [4.78, 5) is 30.6. The molecule has 0 aliphatic carbocycles. The minimum atomic E-state index is -0.653. The lowest BCUT2D eigenvalue weighted by Gasteiger charge is -2.59. The second kappa shape index (κ2) is 14.8. The first-order valence-corrected chi connectivity index (χ1v) is 17.9. The van der Waals surface area contributed by atoms with Gasteiger partial charge in [-0.3, -0.25) is 19.4 Å². The zero-order valence-corrected chi connectivity index (χ0v) is 30.7. The predicted molar refractivity (Wildman–Crippen MR) is 189 cm³/mol. The lowest BCUT2D eigenvalue weighted by Crippen LogP contribution is -2.68. The van der Waals surface area contributed by atoms with E-state index in [1.54, 1.807) is 14.2 Å². The number of esters is 2. The number of likely N-dealkylation sites (N-methyl/N-ethyl adjacent to an activating group) is 1. The van der Waals surface area contributed by atoms with Crippen molar-refractivity contribution in [2.75, 3.05) is 47.3 Å². The molecule has 4 heterocycles. The summed E-state index contributed by atoms with van der Waals surface area (Å²) in [5.74, 6) is 1.11. The topological polar surface area (TPSA) is 129 Å². The molecule has 12 nitrogen and oxygen atoms in total. The van der Waals surface area contributed by atoms with Gasteiger partial charge in [0.25, 0.3) is 0 Å². The first kappa shape index (κ1) is 35.8. The third-order valence-corrected chi connectivity index (χ3v) is 11.0. The van der Waals surface area contributed by atoms with Crippen LogP contribution in [0, 0.1) is 25.2 Å². The van der Waals surface area contributed by atoms with Gasteiger partial charge < -0.3 is 33.2 Å². The van der Waals surface area contributed by atoms with E-state index in [1.165, 1.54) is 0 Å². The average molecular weight is 732 g/mol. The average Bonchev–Trinajstić information content (AvgIpc) is 3.64. The first-order valence-electron chi connectivity index (χ1n) is 17.3. The molecular weight excluding hydrogens is 690 g/mol. The fraction of sp³-hybridized carbons (Fsp3) is 0.462. The van der Waals surface area contributed by atoms with Crippen LogP contribution in [0.2, 0.25) is 0 Å². The minimum Gasteiger partial charge on any atom is -0.493 e. The number of methoxy groups -OCH3 is 2. The fourth-order valence-electron chi connectivity index (χ4n) is 8.64. The van der Waals surface area contributed by atoms with Crippen LogP contribution in [0.3, 0.4) is 0 Å². The summed E-state index contributed by atoms with van der Waals surface area (Å²) in [7, 11) is 5.21. The van der Waals surface area contributed by atoms with Crippen LogP contribution >= 0.6 is 11.6 Å². The van der Waals surface area contributed by atoms with Crippen molar-refractivity contribution in [3.63, 3.8) is 0 Å². The van der Waals surface area contributed by atoms with Gasteiger partial charge in [0.2, 0.25) is 6.79 Å². The van der Waals surface area contributed by atoms with Crippen LogP contribution in [0.15, 0.2) is 36.4 Å². The van der Waals surface area contributed by atoms with Gasteiger partial charge in [0, 0.05) is 47.9 Å². The minimum absolute atomic E-state index is 0.00685. The van der Waals surface area contributed by atoms with Crippen LogP contribution in [0.5, 0.6) is 28.7 Å². The molecule has 52 heavy (non-hydrogen) atoms. The van der Waals surface area contributed by atoms with E-state index in [1.807, 2.05) is 51.2 Å². The summed E-state index contributed by atoms with van der Waals surface area (Å²) >= 11 is 5.96. The van der Waals surface area contributed by atoms with Crippen molar-refractivity contribution in [2.24, 2.45) is 0 Å². The van der Waals surface area contributed by atoms with Crippen molar-refractivity contribution in [1.82, 2.24) is 9.80 Å². The number of piperazine rings is 1. The number of ether oxygens (including phenoxy) is 7. The molecule has 1 unspecified atom stereocenters. The number of halogens is 1. The molecule has 4 aliphatic heterocycles. The molecule has 13 heteroatoms. The van der Waals surface area contributed by atoms with Gasteiger partial charge in [0.05, 0.1) is 25.3 Å². The lowest BCUT2D eigenvalue weighted by molar-refractivity contribution is -0.149. The summed E-state index contributed by atoms with van der Waals surface area (Å²) in [6.45, 7) is 3.69. The maximum absolute atomic E-state index is 13.4. The van der Waals surface area contributed by atoms with Crippen molar-refractivity contribution < 1.29 is 42.7 Å². The largest absolute Gasteiger partial charge is 0.493 e. The van der Waals surface area contributed by atoms with E-state index < -0.39 is 18.1 Å². The van der Waals surface area contributed by atoms with E-state index in [2.05, 4.69) is 21.9 Å². The van der Waals surface area contributed by atoms with Crippen molar-refractivity contribution in [3.8, 4) is 34.8 Å². The van der Waals surface area contributed by atoms with Crippen LogP contribution in [-0.2, 0) is 38.3 Å². The highest BCUT2D eigenvalue weighted by Gasteiger charge is 2.57. The highest BCUT2D eigenvalue weighted by atomic mass is 35.5. The molecule has 5 atom stereocenters. The Labute approximate surface area is 308 Å². The molecule has 3 aromatic rings. The smallest absolute Gasteiger partial charge is 0.326 e. The van der Waals surface area contributed by atoms with Crippen LogP contribution in [0.4, 0.5) is 0 Å². The molecule has 7 rings (SSSR count). The maximum atomic E-state index is 13.4. The second-order valence-electron chi connectivity index (χ2n) is 13.6. The van der Waals surface area contributed by atoms with E-state index in [0.29, 0.717) is 64.7 Å². The number of benzene rings is 3. The molecule has 0 aromatic heterocycles. The highest BCUT2D eigenvalue weighted by Crippen LogP contribution is 2.58. The van der Waals surface area contributed by atoms with Gasteiger partial charge >= 0.3 is 11.9 Å². The van der Waals surface area contributed by atoms with Gasteiger partial charge in [-0.1, -0.05) is 36.4 Å². The normalized spacial score (nSPS) is 22.8. The number of carbonyl (C=O) groups excluding carboxylic acids is 2. The quantitative estimate of drug-likeness (QED) is 0.112. The van der Waals surface area contributed by atoms with E-state index in [0.717, 1.165) is 22.3 Å². The van der Waals surface area contributed by atoms with Gasteiger partial charge in [-0.2, -0.15) is 5.26 Å². The number of hydrogen-bond acceptors (Lipinski definition) is 12. The molecule has 2 bridgehead atoms. The number of aryl methyl sites for hydroxylation is 2. The Hall–Kier alpha value is -4.54. The SMILES string of the molecule is COCOc1c(OC)c(C)cc2c1[C@H]1C3Cc4c(OC(=O)CCl)c(C)c5c(c4[C@H](COC(=O)CCc4ccccc4)N3[C@@H](C#N)[C@H](C2)N1C)OCO5. The first-order chi connectivity index (χ1) is 25.2. The summed E-state index contributed by atoms with van der Waals surface area (Å²) in [5.41, 5.74) is 5.91. The summed E-state index contributed by atoms with van der Waals surface area (Å²) in [6.07, 6.45) is 1.63. The van der Waals surface area contributed by atoms with Crippen molar-refractivity contribution in [3.05, 3.63) is 75.3 Å². The molecule has 0 radical (unpaired) electrons. The Kier molecular flexibility index (Phi) is 10.2. The van der Waals surface area contributed by atoms with Crippen molar-refractivity contribution in [2.45, 2.75) is 69.7 Å². The Morgan fingerprint density at radius 1 is 1.00 bits per heavy atom. The van der Waals surface area contributed by atoms with E-state index >= 15 is 0 Å². The third-order valence-electron chi connectivity index (χ3n) is 10.8. The van der Waals surface area contributed by atoms with Gasteiger partial charge in [-0.15, -0.1) is 11.6 Å². The number of carbonyl (C=O) groups is 2. The predicted octanol–water partition coefficient (Wildman–Crippen LogP) is 5.12. The Morgan fingerprint density at radius 3 is 2.48 bits per heavy atom. The zero-order chi connectivity index (χ0) is 36.7. The third kappa shape index (κ3) is 6.09. The van der Waals surface area contributed by atoms with Crippen molar-refractivity contribution >= 4 is 23.5 Å². The van der Waals surface area contributed by atoms with Crippen LogP contribution in [0.1, 0.15) is 57.4 Å². The molecule has 3 aromatic carbocycles. The van der Waals surface area contributed by atoms with Gasteiger partial charge in [0.15, 0.2) is 29.8 Å². The highest BCUT2D eigenvalue weighted by molar-refractivity contribution is 6.26. The number of alkyl halides is 1. The molecule has 1 saturated heterocycles. The molecule has 0 spiro atoms.